The van der Waals surface area contributed by atoms with Crippen LogP contribution in [0, 0.1) is 11.3 Å². The molecule has 5 nitrogen and oxygen atoms in total. The lowest BCUT2D eigenvalue weighted by atomic mass is 10.1. The van der Waals surface area contributed by atoms with Gasteiger partial charge in [-0.05, 0) is 23.8 Å². The van der Waals surface area contributed by atoms with Crippen molar-refractivity contribution < 1.29 is 9.90 Å². The largest absolute Gasteiger partial charge is 0.478 e. The molecule has 1 aromatic heterocycles. The van der Waals surface area contributed by atoms with Crippen molar-refractivity contribution in [2.75, 3.05) is 5.32 Å². The third kappa shape index (κ3) is 3.07. The molecular weight excluding hydrogens is 242 g/mol. The van der Waals surface area contributed by atoms with Crippen LogP contribution in [-0.2, 0) is 6.54 Å². The monoisotopic (exact) mass is 253 g/mol. The van der Waals surface area contributed by atoms with Crippen molar-refractivity contribution in [3.05, 3.63) is 59.4 Å². The molecule has 0 bridgehead atoms. The van der Waals surface area contributed by atoms with E-state index < -0.39 is 5.97 Å². The minimum absolute atomic E-state index is 0.173. The summed E-state index contributed by atoms with van der Waals surface area (Å²) in [5, 5.41) is 20.8. The molecule has 2 rings (SSSR count). The minimum atomic E-state index is -1.00. The van der Waals surface area contributed by atoms with E-state index in [2.05, 4.69) is 16.4 Å². The smallest absolute Gasteiger partial charge is 0.337 e. The third-order valence-corrected chi connectivity index (χ3v) is 2.59. The fraction of sp³-hybridized carbons (Fsp3) is 0.0714. The first-order valence-electron chi connectivity index (χ1n) is 5.61. The Morgan fingerprint density at radius 3 is 3.00 bits per heavy atom. The number of rotatable bonds is 4. The first-order chi connectivity index (χ1) is 9.20. The molecule has 0 atom stereocenters. The highest BCUT2D eigenvalue weighted by Crippen LogP contribution is 2.15. The lowest BCUT2D eigenvalue weighted by molar-refractivity contribution is 0.0698. The molecule has 0 aliphatic heterocycles. The van der Waals surface area contributed by atoms with E-state index in [1.807, 2.05) is 6.07 Å². The van der Waals surface area contributed by atoms with Crippen LogP contribution in [-0.4, -0.2) is 16.1 Å². The summed E-state index contributed by atoms with van der Waals surface area (Å²) < 4.78 is 0. The molecule has 0 aliphatic carbocycles. The Morgan fingerprint density at radius 2 is 2.26 bits per heavy atom. The standard InChI is InChI=1S/C14H11N3O2/c15-7-10-2-1-3-11(6-10)8-17-13-9-16-5-4-12(13)14(18)19/h1-6,9,17H,8H2,(H,18,19). The zero-order valence-corrected chi connectivity index (χ0v) is 10.00. The number of carboxylic acids is 1. The van der Waals surface area contributed by atoms with Crippen molar-refractivity contribution in [1.82, 2.24) is 4.98 Å². The molecule has 0 saturated heterocycles. The van der Waals surface area contributed by atoms with Crippen LogP contribution in [0.25, 0.3) is 0 Å². The molecular formula is C14H11N3O2. The van der Waals surface area contributed by atoms with Gasteiger partial charge < -0.3 is 10.4 Å². The minimum Gasteiger partial charge on any atom is -0.478 e. The summed E-state index contributed by atoms with van der Waals surface area (Å²) >= 11 is 0. The maximum Gasteiger partial charge on any atom is 0.337 e. The number of carbonyl (C=O) groups is 1. The van der Waals surface area contributed by atoms with Gasteiger partial charge in [0.2, 0.25) is 0 Å². The number of nitriles is 1. The normalized spacial score (nSPS) is 9.63. The van der Waals surface area contributed by atoms with Gasteiger partial charge in [-0.25, -0.2) is 4.79 Å². The molecule has 1 aromatic carbocycles. The topological polar surface area (TPSA) is 86.0 Å². The highest BCUT2D eigenvalue weighted by atomic mass is 16.4. The zero-order chi connectivity index (χ0) is 13.7. The number of carboxylic acid groups (broad SMARTS) is 1. The Kier molecular flexibility index (Phi) is 3.74. The SMILES string of the molecule is N#Cc1cccc(CNc2cnccc2C(=O)O)c1. The number of hydrogen-bond donors (Lipinski definition) is 2. The van der Waals surface area contributed by atoms with E-state index in [1.165, 1.54) is 18.5 Å². The number of hydrogen-bond acceptors (Lipinski definition) is 4. The van der Waals surface area contributed by atoms with Crippen LogP contribution >= 0.6 is 0 Å². The molecule has 2 aromatic rings. The summed E-state index contributed by atoms with van der Waals surface area (Å²) in [6, 6.07) is 10.6. The Balaban J connectivity index is 2.15. The fourth-order valence-electron chi connectivity index (χ4n) is 1.67. The van der Waals surface area contributed by atoms with Crippen LogP contribution in [0.2, 0.25) is 0 Å². The van der Waals surface area contributed by atoms with Crippen molar-refractivity contribution in [1.29, 1.82) is 5.26 Å². The highest BCUT2D eigenvalue weighted by Gasteiger charge is 2.08. The Bertz CT molecular complexity index is 647. The predicted molar refractivity (Wildman–Crippen MR) is 69.7 cm³/mol. The second kappa shape index (κ2) is 5.65. The van der Waals surface area contributed by atoms with Gasteiger partial charge in [0.25, 0.3) is 0 Å². The number of benzene rings is 1. The number of nitrogens with zero attached hydrogens (tertiary/aromatic N) is 2. The summed E-state index contributed by atoms with van der Waals surface area (Å²) in [6.45, 7) is 0.432. The second-order valence-electron chi connectivity index (χ2n) is 3.89. The summed E-state index contributed by atoms with van der Waals surface area (Å²) in [5.74, 6) is -1.00. The number of anilines is 1. The average molecular weight is 253 g/mol. The molecule has 0 saturated carbocycles. The second-order valence-corrected chi connectivity index (χ2v) is 3.89. The van der Waals surface area contributed by atoms with Gasteiger partial charge in [-0.2, -0.15) is 5.26 Å². The summed E-state index contributed by atoms with van der Waals surface area (Å²) in [4.78, 5) is 14.9. The first-order valence-corrected chi connectivity index (χ1v) is 5.61. The predicted octanol–water partition coefficient (Wildman–Crippen LogP) is 2.26. The van der Waals surface area contributed by atoms with E-state index in [0.29, 0.717) is 17.8 Å². The lowest BCUT2D eigenvalue weighted by Gasteiger charge is -2.09. The molecule has 5 heteroatoms. The molecule has 94 valence electrons. The van der Waals surface area contributed by atoms with Crippen LogP contribution in [0.3, 0.4) is 0 Å². The first kappa shape index (κ1) is 12.6. The van der Waals surface area contributed by atoms with Crippen LogP contribution in [0.1, 0.15) is 21.5 Å². The molecule has 19 heavy (non-hydrogen) atoms. The van der Waals surface area contributed by atoms with Crippen molar-refractivity contribution >= 4 is 11.7 Å². The van der Waals surface area contributed by atoms with Crippen molar-refractivity contribution in [3.63, 3.8) is 0 Å². The van der Waals surface area contributed by atoms with Crippen LogP contribution in [0.4, 0.5) is 5.69 Å². The number of nitrogens with one attached hydrogen (secondary N) is 1. The van der Waals surface area contributed by atoms with Gasteiger partial charge in [-0.3, -0.25) is 4.98 Å². The summed E-state index contributed by atoms with van der Waals surface area (Å²) in [7, 11) is 0. The molecule has 0 spiro atoms. The molecule has 0 aliphatic rings. The number of aromatic nitrogens is 1. The molecule has 0 amide bonds. The van der Waals surface area contributed by atoms with Gasteiger partial charge >= 0.3 is 5.97 Å². The van der Waals surface area contributed by atoms with Gasteiger partial charge in [0.1, 0.15) is 0 Å². The number of aromatic carboxylic acids is 1. The van der Waals surface area contributed by atoms with E-state index in [9.17, 15) is 4.79 Å². The van der Waals surface area contributed by atoms with E-state index in [0.717, 1.165) is 5.56 Å². The van der Waals surface area contributed by atoms with Gasteiger partial charge in [0.15, 0.2) is 0 Å². The molecule has 0 fully saturated rings. The van der Waals surface area contributed by atoms with Gasteiger partial charge in [-0.15, -0.1) is 0 Å². The molecule has 1 heterocycles. The Hall–Kier alpha value is -2.87. The van der Waals surface area contributed by atoms with E-state index in [4.69, 9.17) is 10.4 Å². The van der Waals surface area contributed by atoms with E-state index in [-0.39, 0.29) is 5.56 Å². The highest BCUT2D eigenvalue weighted by molar-refractivity contribution is 5.93. The van der Waals surface area contributed by atoms with Crippen LogP contribution in [0.5, 0.6) is 0 Å². The Labute approximate surface area is 110 Å². The summed E-state index contributed by atoms with van der Waals surface area (Å²) in [5.41, 5.74) is 2.10. The van der Waals surface area contributed by atoms with E-state index >= 15 is 0 Å². The van der Waals surface area contributed by atoms with Crippen LogP contribution < -0.4 is 5.32 Å². The zero-order valence-electron chi connectivity index (χ0n) is 10.00. The molecule has 2 N–H and O–H groups in total. The number of pyridine rings is 1. The third-order valence-electron chi connectivity index (χ3n) is 2.59. The molecule has 0 radical (unpaired) electrons. The van der Waals surface area contributed by atoms with Gasteiger partial charge in [-0.1, -0.05) is 12.1 Å². The van der Waals surface area contributed by atoms with E-state index in [1.54, 1.807) is 18.2 Å². The lowest BCUT2D eigenvalue weighted by Crippen LogP contribution is -2.06. The maximum absolute atomic E-state index is 11.0. The fourth-order valence-corrected chi connectivity index (χ4v) is 1.67. The van der Waals surface area contributed by atoms with Crippen molar-refractivity contribution in [2.45, 2.75) is 6.54 Å². The molecule has 0 unspecified atom stereocenters. The summed E-state index contributed by atoms with van der Waals surface area (Å²) in [6.07, 6.45) is 2.91. The van der Waals surface area contributed by atoms with Crippen molar-refractivity contribution in [3.8, 4) is 6.07 Å². The Morgan fingerprint density at radius 1 is 1.42 bits per heavy atom. The van der Waals surface area contributed by atoms with Gasteiger partial charge in [0.05, 0.1) is 29.1 Å². The van der Waals surface area contributed by atoms with Crippen molar-refractivity contribution in [2.24, 2.45) is 0 Å². The average Bonchev–Trinajstić information content (AvgIpc) is 2.45. The van der Waals surface area contributed by atoms with Gasteiger partial charge in [0, 0.05) is 12.7 Å². The quantitative estimate of drug-likeness (QED) is 0.872. The van der Waals surface area contributed by atoms with Crippen LogP contribution in [0.15, 0.2) is 42.7 Å². The maximum atomic E-state index is 11.0.